The van der Waals surface area contributed by atoms with Gasteiger partial charge in [-0.05, 0) is 35.0 Å². The van der Waals surface area contributed by atoms with E-state index in [-0.39, 0.29) is 11.3 Å². The predicted octanol–water partition coefficient (Wildman–Crippen LogP) is 3.44. The molecular formula is C22H20O6S. The number of Topliss-reactive ketones (excluding diaryl/α,β-unsaturated/α-hetero) is 1. The third-order valence-corrected chi connectivity index (χ3v) is 6.12. The number of methoxy groups -OCH3 is 1. The Morgan fingerprint density at radius 2 is 1.66 bits per heavy atom. The first-order valence-corrected chi connectivity index (χ1v) is 10.6. The van der Waals surface area contributed by atoms with Crippen molar-refractivity contribution in [2.24, 2.45) is 0 Å². The minimum Gasteiger partial charge on any atom is -0.497 e. The molecule has 0 radical (unpaired) electrons. The molecule has 0 aliphatic heterocycles. The summed E-state index contributed by atoms with van der Waals surface area (Å²) in [7, 11) is -2.16. The first-order valence-electron chi connectivity index (χ1n) is 8.93. The number of ketones is 1. The summed E-state index contributed by atoms with van der Waals surface area (Å²) in [4.78, 5) is 24.2. The van der Waals surface area contributed by atoms with Crippen molar-refractivity contribution in [1.82, 2.24) is 0 Å². The Morgan fingerprint density at radius 1 is 0.897 bits per heavy atom. The molecule has 0 atom stereocenters. The minimum absolute atomic E-state index is 0.149. The quantitative estimate of drug-likeness (QED) is 0.416. The molecule has 0 saturated heterocycles. The highest BCUT2D eigenvalue weighted by atomic mass is 32.2. The molecule has 29 heavy (non-hydrogen) atoms. The maximum absolute atomic E-state index is 12.5. The third kappa shape index (κ3) is 5.20. The van der Waals surface area contributed by atoms with Crippen LogP contribution in [0.5, 0.6) is 5.75 Å². The van der Waals surface area contributed by atoms with Gasteiger partial charge < -0.3 is 9.47 Å². The number of carbonyl (C=O) groups is 2. The van der Waals surface area contributed by atoms with Crippen molar-refractivity contribution in [3.8, 4) is 5.75 Å². The van der Waals surface area contributed by atoms with Gasteiger partial charge in [-0.1, -0.05) is 42.5 Å². The second kappa shape index (κ2) is 8.87. The van der Waals surface area contributed by atoms with Gasteiger partial charge in [-0.15, -0.1) is 0 Å². The zero-order valence-electron chi connectivity index (χ0n) is 15.8. The van der Waals surface area contributed by atoms with E-state index < -0.39 is 33.9 Å². The molecule has 0 heterocycles. The summed E-state index contributed by atoms with van der Waals surface area (Å²) in [6.45, 7) is -0.456. The van der Waals surface area contributed by atoms with E-state index in [9.17, 15) is 18.0 Å². The molecule has 0 spiro atoms. The number of rotatable bonds is 8. The highest BCUT2D eigenvalue weighted by Crippen LogP contribution is 2.20. The maximum atomic E-state index is 12.5. The lowest BCUT2D eigenvalue weighted by Gasteiger charge is -2.07. The molecule has 150 valence electrons. The van der Waals surface area contributed by atoms with Gasteiger partial charge in [-0.25, -0.2) is 8.42 Å². The standard InChI is InChI=1S/C22H20O6S/c1-27-19-8-4-7-18(13-19)21(23)15-28-22(24)11-12-29(25,26)20-10-9-16-5-2-3-6-17(16)14-20/h2-10,13-14H,11-12,15H2,1H3. The van der Waals surface area contributed by atoms with Crippen LogP contribution in [0, 0.1) is 0 Å². The van der Waals surface area contributed by atoms with Gasteiger partial charge in [-0.3, -0.25) is 9.59 Å². The predicted molar refractivity (Wildman–Crippen MR) is 109 cm³/mol. The molecule has 3 rings (SSSR count). The number of sulfone groups is 1. The Labute approximate surface area is 169 Å². The van der Waals surface area contributed by atoms with Crippen LogP contribution in [0.1, 0.15) is 16.8 Å². The monoisotopic (exact) mass is 412 g/mol. The SMILES string of the molecule is COc1cccc(C(=O)COC(=O)CCS(=O)(=O)c2ccc3ccccc3c2)c1. The summed E-state index contributed by atoms with van der Waals surface area (Å²) in [5.74, 6) is -1.01. The van der Waals surface area contributed by atoms with Crippen molar-refractivity contribution in [3.05, 3.63) is 72.3 Å². The second-order valence-corrected chi connectivity index (χ2v) is 8.50. The summed E-state index contributed by atoms with van der Waals surface area (Å²) >= 11 is 0. The average Bonchev–Trinajstić information content (AvgIpc) is 2.75. The van der Waals surface area contributed by atoms with E-state index in [4.69, 9.17) is 9.47 Å². The van der Waals surface area contributed by atoms with Crippen molar-refractivity contribution < 1.29 is 27.5 Å². The van der Waals surface area contributed by atoms with Crippen LogP contribution in [0.25, 0.3) is 10.8 Å². The third-order valence-electron chi connectivity index (χ3n) is 4.41. The molecule has 7 heteroatoms. The Morgan fingerprint density at radius 3 is 2.41 bits per heavy atom. The normalized spacial score (nSPS) is 11.2. The lowest BCUT2D eigenvalue weighted by Crippen LogP contribution is -2.17. The average molecular weight is 412 g/mol. The Bertz CT molecular complexity index is 1150. The summed E-state index contributed by atoms with van der Waals surface area (Å²) in [5, 5.41) is 1.74. The van der Waals surface area contributed by atoms with E-state index in [0.717, 1.165) is 10.8 Å². The van der Waals surface area contributed by atoms with Gasteiger partial charge in [0.05, 0.1) is 24.2 Å². The van der Waals surface area contributed by atoms with E-state index in [0.29, 0.717) is 11.3 Å². The Balaban J connectivity index is 1.56. The molecule has 6 nitrogen and oxygen atoms in total. The van der Waals surface area contributed by atoms with Crippen LogP contribution in [0.3, 0.4) is 0 Å². The molecule has 0 N–H and O–H groups in total. The number of carbonyl (C=O) groups excluding carboxylic acids is 2. The number of esters is 1. The summed E-state index contributed by atoms with van der Waals surface area (Å²) in [6, 6.07) is 18.7. The second-order valence-electron chi connectivity index (χ2n) is 6.39. The van der Waals surface area contributed by atoms with Crippen LogP contribution >= 0.6 is 0 Å². The van der Waals surface area contributed by atoms with E-state index >= 15 is 0 Å². The van der Waals surface area contributed by atoms with Crippen molar-refractivity contribution in [2.45, 2.75) is 11.3 Å². The van der Waals surface area contributed by atoms with Gasteiger partial charge in [0.15, 0.2) is 22.2 Å². The number of fused-ring (bicyclic) bond motifs is 1. The molecule has 3 aromatic carbocycles. The molecule has 0 amide bonds. The number of ether oxygens (including phenoxy) is 2. The highest BCUT2D eigenvalue weighted by Gasteiger charge is 2.18. The smallest absolute Gasteiger partial charge is 0.307 e. The van der Waals surface area contributed by atoms with Crippen molar-refractivity contribution in [3.63, 3.8) is 0 Å². The van der Waals surface area contributed by atoms with Gasteiger partial charge in [0.1, 0.15) is 5.75 Å². The van der Waals surface area contributed by atoms with E-state index in [1.54, 1.807) is 36.4 Å². The van der Waals surface area contributed by atoms with Crippen LogP contribution in [0.2, 0.25) is 0 Å². The van der Waals surface area contributed by atoms with Crippen molar-refractivity contribution in [2.75, 3.05) is 19.5 Å². The van der Waals surface area contributed by atoms with Crippen LogP contribution < -0.4 is 4.74 Å². The molecule has 0 unspecified atom stereocenters. The summed E-state index contributed by atoms with van der Waals surface area (Å²) in [5.41, 5.74) is 0.348. The first-order chi connectivity index (χ1) is 13.9. The fourth-order valence-electron chi connectivity index (χ4n) is 2.79. The van der Waals surface area contributed by atoms with Crippen LogP contribution in [-0.2, 0) is 19.4 Å². The van der Waals surface area contributed by atoms with Crippen LogP contribution in [0.15, 0.2) is 71.6 Å². The maximum Gasteiger partial charge on any atom is 0.307 e. The number of benzene rings is 3. The number of hydrogen-bond donors (Lipinski definition) is 0. The molecular weight excluding hydrogens is 392 g/mol. The fraction of sp³-hybridized carbons (Fsp3) is 0.182. The number of hydrogen-bond acceptors (Lipinski definition) is 6. The summed E-state index contributed by atoms with van der Waals surface area (Å²) < 4.78 is 35.0. The topological polar surface area (TPSA) is 86.7 Å². The highest BCUT2D eigenvalue weighted by molar-refractivity contribution is 7.91. The molecule has 0 aliphatic rings. The Hall–Kier alpha value is -3.19. The summed E-state index contributed by atoms with van der Waals surface area (Å²) in [6.07, 6.45) is -0.333. The Kier molecular flexibility index (Phi) is 6.29. The van der Waals surface area contributed by atoms with Gasteiger partial charge in [0, 0.05) is 5.56 Å². The van der Waals surface area contributed by atoms with Gasteiger partial charge in [0.25, 0.3) is 0 Å². The zero-order chi connectivity index (χ0) is 20.9. The van der Waals surface area contributed by atoms with Crippen LogP contribution in [0.4, 0.5) is 0 Å². The van der Waals surface area contributed by atoms with Crippen molar-refractivity contribution in [1.29, 1.82) is 0 Å². The minimum atomic E-state index is -3.65. The zero-order valence-corrected chi connectivity index (χ0v) is 16.6. The van der Waals surface area contributed by atoms with Gasteiger partial charge in [0.2, 0.25) is 0 Å². The van der Waals surface area contributed by atoms with Gasteiger partial charge in [-0.2, -0.15) is 0 Å². The molecule has 0 bridgehead atoms. The van der Waals surface area contributed by atoms with E-state index in [2.05, 4.69) is 0 Å². The lowest BCUT2D eigenvalue weighted by atomic mass is 10.1. The van der Waals surface area contributed by atoms with Gasteiger partial charge >= 0.3 is 5.97 Å². The van der Waals surface area contributed by atoms with E-state index in [1.165, 1.54) is 13.2 Å². The molecule has 0 aromatic heterocycles. The molecule has 0 aliphatic carbocycles. The van der Waals surface area contributed by atoms with Crippen molar-refractivity contribution >= 4 is 32.4 Å². The molecule has 0 fully saturated rings. The van der Waals surface area contributed by atoms with Crippen LogP contribution in [-0.4, -0.2) is 39.6 Å². The fourth-order valence-corrected chi connectivity index (χ4v) is 4.05. The lowest BCUT2D eigenvalue weighted by molar-refractivity contribution is -0.142. The first kappa shape index (κ1) is 20.5. The van der Waals surface area contributed by atoms with E-state index in [1.807, 2.05) is 24.3 Å². The molecule has 3 aromatic rings. The molecule has 0 saturated carbocycles. The largest absolute Gasteiger partial charge is 0.497 e.